The average Bonchev–Trinajstić information content (AvgIpc) is 3.27. The average molecular weight is 886 g/mol. The molecule has 1 saturated heterocycles. The molecule has 370 valence electrons. The molecule has 1 heterocycles. The van der Waals surface area contributed by atoms with Gasteiger partial charge >= 0.3 is 0 Å². The van der Waals surface area contributed by atoms with Crippen LogP contribution in [0.4, 0.5) is 0 Å². The molecule has 8 atom stereocenters. The maximum absolute atomic E-state index is 13.0. The van der Waals surface area contributed by atoms with E-state index >= 15 is 0 Å². The molecule has 10 nitrogen and oxygen atoms in total. The van der Waals surface area contributed by atoms with Crippen molar-refractivity contribution in [1.29, 1.82) is 0 Å². The Morgan fingerprint density at radius 1 is 0.500 bits per heavy atom. The van der Waals surface area contributed by atoms with Crippen molar-refractivity contribution in [1.82, 2.24) is 5.32 Å². The zero-order valence-electron chi connectivity index (χ0n) is 40.5. The number of unbranched alkanes of at least 4 members (excludes halogenated alkanes) is 35. The van der Waals surface area contributed by atoms with Crippen LogP contribution in [0.5, 0.6) is 0 Å². The second-order valence-corrected chi connectivity index (χ2v) is 19.2. The van der Waals surface area contributed by atoms with Crippen LogP contribution in [0.2, 0.25) is 0 Å². The number of hydrogen-bond acceptors (Lipinski definition) is 9. The summed E-state index contributed by atoms with van der Waals surface area (Å²) in [5.74, 6) is -0.252. The molecule has 1 aliphatic rings. The van der Waals surface area contributed by atoms with Gasteiger partial charge in [0.25, 0.3) is 0 Å². The Kier molecular flexibility index (Phi) is 40.8. The van der Waals surface area contributed by atoms with Gasteiger partial charge in [0, 0.05) is 6.42 Å². The van der Waals surface area contributed by atoms with Gasteiger partial charge in [-0.25, -0.2) is 0 Å². The van der Waals surface area contributed by atoms with E-state index < -0.39 is 55.6 Å². The van der Waals surface area contributed by atoms with Crippen LogP contribution in [-0.4, -0.2) is 98.7 Å². The highest BCUT2D eigenvalue weighted by molar-refractivity contribution is 5.76. The first-order valence-electron chi connectivity index (χ1n) is 26.8. The number of amides is 1. The molecular weight excluding hydrogens is 783 g/mol. The summed E-state index contributed by atoms with van der Waals surface area (Å²) in [5.41, 5.74) is 0. The normalized spacial score (nSPS) is 20.7. The Labute approximate surface area is 381 Å². The number of rotatable bonds is 46. The Hall–Kier alpha value is -0.850. The molecule has 10 heteroatoms. The quantitative estimate of drug-likeness (QED) is 0.0294. The molecule has 0 spiro atoms. The van der Waals surface area contributed by atoms with E-state index in [1.165, 1.54) is 193 Å². The molecule has 1 aliphatic heterocycles. The summed E-state index contributed by atoms with van der Waals surface area (Å²) >= 11 is 0. The lowest BCUT2D eigenvalue weighted by molar-refractivity contribution is -0.303. The molecule has 0 aromatic carbocycles. The molecule has 0 radical (unpaired) electrons. The van der Waals surface area contributed by atoms with Crippen LogP contribution in [0.1, 0.15) is 264 Å². The molecule has 62 heavy (non-hydrogen) atoms. The molecule has 0 aromatic rings. The van der Waals surface area contributed by atoms with Gasteiger partial charge in [-0.05, 0) is 12.8 Å². The van der Waals surface area contributed by atoms with E-state index in [1.807, 2.05) is 0 Å². The summed E-state index contributed by atoms with van der Waals surface area (Å²) in [6.07, 6.45) is 38.5. The van der Waals surface area contributed by atoms with Gasteiger partial charge in [0.15, 0.2) is 6.29 Å². The van der Waals surface area contributed by atoms with Crippen LogP contribution in [0.3, 0.4) is 0 Å². The number of carbonyl (C=O) groups excluding carboxylic acids is 1. The van der Waals surface area contributed by atoms with Crippen molar-refractivity contribution >= 4 is 5.91 Å². The number of ether oxygens (including phenoxy) is 2. The van der Waals surface area contributed by atoms with Crippen molar-refractivity contribution in [2.45, 2.75) is 313 Å². The van der Waals surface area contributed by atoms with Gasteiger partial charge in [-0.1, -0.05) is 245 Å². The van der Waals surface area contributed by atoms with E-state index in [9.17, 15) is 35.4 Å². The van der Waals surface area contributed by atoms with Crippen molar-refractivity contribution in [2.24, 2.45) is 0 Å². The highest BCUT2D eigenvalue weighted by Crippen LogP contribution is 2.23. The SMILES string of the molecule is CCCCCCCCCCCCCCCCCCCCCCCCCCCCC(=O)N[C@@H](CO[C@@H]1O[C@H](CO)[C@@H](O)C(O)C1O)[C@H](O)[C@H](O)CCCCCCCCCCCCC. The van der Waals surface area contributed by atoms with Crippen LogP contribution in [0.15, 0.2) is 0 Å². The third-order valence-corrected chi connectivity index (χ3v) is 13.3. The van der Waals surface area contributed by atoms with Gasteiger partial charge in [-0.15, -0.1) is 0 Å². The first-order chi connectivity index (χ1) is 30.3. The van der Waals surface area contributed by atoms with Crippen molar-refractivity contribution in [3.8, 4) is 0 Å². The molecule has 1 rings (SSSR count). The van der Waals surface area contributed by atoms with E-state index in [2.05, 4.69) is 19.2 Å². The zero-order chi connectivity index (χ0) is 45.3. The summed E-state index contributed by atoms with van der Waals surface area (Å²) in [6.45, 7) is 3.63. The van der Waals surface area contributed by atoms with Crippen LogP contribution in [0.25, 0.3) is 0 Å². The minimum atomic E-state index is -1.60. The Balaban J connectivity index is 2.20. The number of aliphatic hydroxyl groups is 6. The monoisotopic (exact) mass is 886 g/mol. The second kappa shape index (κ2) is 42.8. The fourth-order valence-corrected chi connectivity index (χ4v) is 8.97. The number of carbonyl (C=O) groups is 1. The summed E-state index contributed by atoms with van der Waals surface area (Å²) in [4.78, 5) is 13.0. The van der Waals surface area contributed by atoms with Gasteiger partial charge in [-0.2, -0.15) is 0 Å². The van der Waals surface area contributed by atoms with Crippen molar-refractivity contribution in [3.63, 3.8) is 0 Å². The van der Waals surface area contributed by atoms with Gasteiger partial charge in [0.1, 0.15) is 30.5 Å². The molecule has 0 aromatic heterocycles. The third kappa shape index (κ3) is 31.9. The summed E-state index contributed by atoms with van der Waals surface area (Å²) in [6, 6.07) is -0.985. The van der Waals surface area contributed by atoms with E-state index in [1.54, 1.807) is 0 Å². The summed E-state index contributed by atoms with van der Waals surface area (Å²) in [5, 5.41) is 65.3. The number of nitrogens with one attached hydrogen (secondary N) is 1. The topological polar surface area (TPSA) is 169 Å². The van der Waals surface area contributed by atoms with Crippen LogP contribution >= 0.6 is 0 Å². The summed E-state index contributed by atoms with van der Waals surface area (Å²) in [7, 11) is 0. The zero-order valence-corrected chi connectivity index (χ0v) is 40.5. The first kappa shape index (κ1) is 59.2. The predicted molar refractivity (Wildman–Crippen MR) is 255 cm³/mol. The lowest BCUT2D eigenvalue weighted by Crippen LogP contribution is -2.60. The van der Waals surface area contributed by atoms with E-state index in [-0.39, 0.29) is 18.9 Å². The standard InChI is InChI=1S/C52H103NO9/c1-3-5-7-9-11-13-15-16-17-18-19-20-21-22-23-24-25-26-27-28-29-31-33-35-37-39-41-47(56)53-44(43-61-52-51(60)50(59)49(58)46(42-54)62-52)48(57)45(55)40-38-36-34-32-30-14-12-10-8-6-4-2/h44-46,48-52,54-55,57-60H,3-43H2,1-2H3,(H,53,56)/t44-,45+,46+,48-,49+,50?,51?,52+/m0/s1. The first-order valence-corrected chi connectivity index (χ1v) is 26.8. The fraction of sp³-hybridized carbons (Fsp3) is 0.981. The molecule has 2 unspecified atom stereocenters. The molecule has 0 saturated carbocycles. The van der Waals surface area contributed by atoms with Crippen LogP contribution in [-0.2, 0) is 14.3 Å². The van der Waals surface area contributed by atoms with Gasteiger partial charge in [0.05, 0.1) is 25.4 Å². The third-order valence-electron chi connectivity index (χ3n) is 13.3. The molecule has 1 amide bonds. The van der Waals surface area contributed by atoms with Gasteiger partial charge in [-0.3, -0.25) is 4.79 Å². The minimum absolute atomic E-state index is 0.252. The number of aliphatic hydroxyl groups excluding tert-OH is 6. The minimum Gasteiger partial charge on any atom is -0.394 e. The molecule has 0 aliphatic carbocycles. The molecule has 1 fully saturated rings. The second-order valence-electron chi connectivity index (χ2n) is 19.2. The van der Waals surface area contributed by atoms with Crippen LogP contribution < -0.4 is 5.32 Å². The van der Waals surface area contributed by atoms with Gasteiger partial charge in [0.2, 0.25) is 5.91 Å². The summed E-state index contributed by atoms with van der Waals surface area (Å²) < 4.78 is 11.2. The maximum Gasteiger partial charge on any atom is 0.220 e. The van der Waals surface area contributed by atoms with Crippen LogP contribution in [0, 0.1) is 0 Å². The fourth-order valence-electron chi connectivity index (χ4n) is 8.97. The molecular formula is C52H103NO9. The number of hydrogen-bond donors (Lipinski definition) is 7. The van der Waals surface area contributed by atoms with Gasteiger partial charge < -0.3 is 45.4 Å². The van der Waals surface area contributed by atoms with E-state index in [0.29, 0.717) is 6.42 Å². The van der Waals surface area contributed by atoms with Crippen molar-refractivity contribution < 1.29 is 44.9 Å². The van der Waals surface area contributed by atoms with E-state index in [0.717, 1.165) is 44.9 Å². The molecule has 0 bridgehead atoms. The Morgan fingerprint density at radius 3 is 1.19 bits per heavy atom. The highest BCUT2D eigenvalue weighted by atomic mass is 16.7. The lowest BCUT2D eigenvalue weighted by atomic mass is 9.98. The Morgan fingerprint density at radius 2 is 0.839 bits per heavy atom. The maximum atomic E-state index is 13.0. The van der Waals surface area contributed by atoms with Crippen molar-refractivity contribution in [3.05, 3.63) is 0 Å². The van der Waals surface area contributed by atoms with E-state index in [4.69, 9.17) is 9.47 Å². The smallest absolute Gasteiger partial charge is 0.220 e. The molecule has 7 N–H and O–H groups in total. The Bertz CT molecular complexity index is 957. The largest absolute Gasteiger partial charge is 0.394 e. The lowest BCUT2D eigenvalue weighted by Gasteiger charge is -2.40. The van der Waals surface area contributed by atoms with Crippen molar-refractivity contribution in [2.75, 3.05) is 13.2 Å². The highest BCUT2D eigenvalue weighted by Gasteiger charge is 2.44. The predicted octanol–water partition coefficient (Wildman–Crippen LogP) is 11.3.